The van der Waals surface area contributed by atoms with Crippen molar-refractivity contribution < 1.29 is 4.74 Å². The van der Waals surface area contributed by atoms with Crippen LogP contribution in [-0.2, 0) is 5.41 Å². The summed E-state index contributed by atoms with van der Waals surface area (Å²) in [6, 6.07) is 10.6. The second-order valence-corrected chi connectivity index (χ2v) is 10.1. The monoisotopic (exact) mass is 487 g/mol. The summed E-state index contributed by atoms with van der Waals surface area (Å²) in [5.41, 5.74) is 1.31. The lowest BCUT2D eigenvalue weighted by atomic mass is 9.69. The molecule has 1 aromatic carbocycles. The molecule has 1 saturated heterocycles. The second kappa shape index (κ2) is 10.9. The Hall–Kier alpha value is -2.12. The van der Waals surface area contributed by atoms with Gasteiger partial charge in [-0.2, -0.15) is 9.97 Å². The average Bonchev–Trinajstić information content (AvgIpc) is 2.83. The Balaban J connectivity index is 1.47. The number of aromatic nitrogens is 2. The summed E-state index contributed by atoms with van der Waals surface area (Å²) in [5.74, 6) is 1.87. The SMILES string of the molecule is COc1cc(N2CCCCC2C)nc(NC(=S)NCC2(c3cccc(Cl)c3)CCCCC2)n1. The van der Waals surface area contributed by atoms with Gasteiger partial charge in [0.25, 0.3) is 0 Å². The van der Waals surface area contributed by atoms with Crippen molar-refractivity contribution in [1.82, 2.24) is 15.3 Å². The van der Waals surface area contributed by atoms with Crippen LogP contribution in [0.2, 0.25) is 5.02 Å². The topological polar surface area (TPSA) is 62.3 Å². The highest BCUT2D eigenvalue weighted by atomic mass is 35.5. The molecule has 0 spiro atoms. The van der Waals surface area contributed by atoms with Gasteiger partial charge in [-0.05, 0) is 68.9 Å². The number of thiocarbonyl (C=S) groups is 1. The fraction of sp³-hybridized carbons (Fsp3) is 0.560. The molecule has 178 valence electrons. The number of benzene rings is 1. The van der Waals surface area contributed by atoms with Crippen molar-refractivity contribution in [3.63, 3.8) is 0 Å². The zero-order valence-corrected chi connectivity index (χ0v) is 21.1. The number of methoxy groups -OCH3 is 1. The summed E-state index contributed by atoms with van der Waals surface area (Å²) in [6.45, 7) is 3.98. The van der Waals surface area contributed by atoms with Crippen molar-refractivity contribution in [2.75, 3.05) is 30.4 Å². The van der Waals surface area contributed by atoms with Gasteiger partial charge < -0.3 is 20.3 Å². The van der Waals surface area contributed by atoms with E-state index in [1.165, 1.54) is 44.1 Å². The van der Waals surface area contributed by atoms with Gasteiger partial charge >= 0.3 is 0 Å². The Bertz CT molecular complexity index is 966. The minimum Gasteiger partial charge on any atom is -0.481 e. The number of halogens is 1. The molecule has 0 bridgehead atoms. The summed E-state index contributed by atoms with van der Waals surface area (Å²) in [5, 5.41) is 7.94. The average molecular weight is 488 g/mol. The van der Waals surface area contributed by atoms with Gasteiger partial charge in [-0.15, -0.1) is 0 Å². The molecule has 2 fully saturated rings. The lowest BCUT2D eigenvalue weighted by Crippen LogP contribution is -2.43. The van der Waals surface area contributed by atoms with E-state index in [1.54, 1.807) is 7.11 Å². The molecule has 4 rings (SSSR count). The molecule has 2 aliphatic rings. The van der Waals surface area contributed by atoms with E-state index < -0.39 is 0 Å². The Morgan fingerprint density at radius 2 is 2.00 bits per heavy atom. The summed E-state index contributed by atoms with van der Waals surface area (Å²) in [7, 11) is 1.63. The third kappa shape index (κ3) is 5.87. The quantitative estimate of drug-likeness (QED) is 0.506. The van der Waals surface area contributed by atoms with Crippen molar-refractivity contribution >= 4 is 40.7 Å². The van der Waals surface area contributed by atoms with Gasteiger partial charge in [0.2, 0.25) is 11.8 Å². The predicted molar refractivity (Wildman–Crippen MR) is 140 cm³/mol. The van der Waals surface area contributed by atoms with Crippen molar-refractivity contribution in [3.8, 4) is 5.88 Å². The molecular formula is C25H34ClN5OS. The third-order valence-electron chi connectivity index (χ3n) is 7.06. The van der Waals surface area contributed by atoms with Gasteiger partial charge in [0.05, 0.1) is 7.11 Å². The molecule has 1 saturated carbocycles. The van der Waals surface area contributed by atoms with Crippen molar-refractivity contribution in [2.24, 2.45) is 0 Å². The molecule has 1 aromatic heterocycles. The summed E-state index contributed by atoms with van der Waals surface area (Å²) >= 11 is 12.0. The van der Waals surface area contributed by atoms with Gasteiger partial charge in [-0.3, -0.25) is 0 Å². The number of hydrogen-bond acceptors (Lipinski definition) is 5. The lowest BCUT2D eigenvalue weighted by molar-refractivity contribution is 0.292. The number of nitrogens with zero attached hydrogens (tertiary/aromatic N) is 3. The molecule has 1 aliphatic carbocycles. The zero-order chi connectivity index (χ0) is 23.3. The van der Waals surface area contributed by atoms with E-state index in [4.69, 9.17) is 33.5 Å². The molecule has 2 N–H and O–H groups in total. The second-order valence-electron chi connectivity index (χ2n) is 9.29. The molecule has 0 amide bonds. The third-order valence-corrected chi connectivity index (χ3v) is 7.54. The fourth-order valence-electron chi connectivity index (χ4n) is 5.17. The van der Waals surface area contributed by atoms with E-state index >= 15 is 0 Å². The number of anilines is 2. The largest absolute Gasteiger partial charge is 0.481 e. The van der Waals surface area contributed by atoms with E-state index in [0.29, 0.717) is 23.0 Å². The normalized spacial score (nSPS) is 20.2. The smallest absolute Gasteiger partial charge is 0.234 e. The first kappa shape index (κ1) is 24.0. The van der Waals surface area contributed by atoms with E-state index in [2.05, 4.69) is 39.6 Å². The minimum absolute atomic E-state index is 0.0263. The summed E-state index contributed by atoms with van der Waals surface area (Å²) in [4.78, 5) is 11.6. The summed E-state index contributed by atoms with van der Waals surface area (Å²) < 4.78 is 5.45. The van der Waals surface area contributed by atoms with E-state index in [-0.39, 0.29) is 5.41 Å². The number of rotatable bonds is 6. The van der Waals surface area contributed by atoms with Crippen LogP contribution >= 0.6 is 23.8 Å². The molecule has 1 aliphatic heterocycles. The van der Waals surface area contributed by atoms with E-state index in [0.717, 1.165) is 36.8 Å². The van der Waals surface area contributed by atoms with E-state index in [1.807, 2.05) is 18.2 Å². The maximum absolute atomic E-state index is 6.32. The Morgan fingerprint density at radius 3 is 2.73 bits per heavy atom. The van der Waals surface area contributed by atoms with Gasteiger partial charge in [0.1, 0.15) is 5.82 Å². The maximum Gasteiger partial charge on any atom is 0.234 e. The van der Waals surface area contributed by atoms with Crippen molar-refractivity contribution in [1.29, 1.82) is 0 Å². The highest BCUT2D eigenvalue weighted by molar-refractivity contribution is 7.80. The van der Waals surface area contributed by atoms with Crippen LogP contribution in [0.5, 0.6) is 5.88 Å². The molecule has 33 heavy (non-hydrogen) atoms. The van der Waals surface area contributed by atoms with Crippen LogP contribution in [0.25, 0.3) is 0 Å². The molecule has 2 aromatic rings. The first-order chi connectivity index (χ1) is 16.0. The number of hydrogen-bond donors (Lipinski definition) is 2. The highest BCUT2D eigenvalue weighted by Gasteiger charge is 2.34. The predicted octanol–water partition coefficient (Wildman–Crippen LogP) is 5.71. The molecule has 2 heterocycles. The van der Waals surface area contributed by atoms with Crippen LogP contribution in [0.3, 0.4) is 0 Å². The molecule has 0 radical (unpaired) electrons. The Labute approximate surface area is 207 Å². The number of piperidine rings is 1. The van der Waals surface area contributed by atoms with Crippen molar-refractivity contribution in [3.05, 3.63) is 40.9 Å². The van der Waals surface area contributed by atoms with Gasteiger partial charge in [-0.25, -0.2) is 0 Å². The van der Waals surface area contributed by atoms with Crippen LogP contribution in [0.1, 0.15) is 63.9 Å². The van der Waals surface area contributed by atoms with Crippen molar-refractivity contribution in [2.45, 2.75) is 69.7 Å². The fourth-order valence-corrected chi connectivity index (χ4v) is 5.52. The lowest BCUT2D eigenvalue weighted by Gasteiger charge is -2.38. The zero-order valence-electron chi connectivity index (χ0n) is 19.6. The maximum atomic E-state index is 6.32. The van der Waals surface area contributed by atoms with Gasteiger partial charge in [0, 0.05) is 35.6 Å². The minimum atomic E-state index is 0.0263. The van der Waals surface area contributed by atoms with E-state index in [9.17, 15) is 0 Å². The Morgan fingerprint density at radius 1 is 1.18 bits per heavy atom. The molecular weight excluding hydrogens is 454 g/mol. The molecule has 1 unspecified atom stereocenters. The molecule has 6 nitrogen and oxygen atoms in total. The molecule has 1 atom stereocenters. The van der Waals surface area contributed by atoms with Crippen LogP contribution in [-0.4, -0.2) is 41.3 Å². The summed E-state index contributed by atoms with van der Waals surface area (Å²) in [6.07, 6.45) is 9.54. The van der Waals surface area contributed by atoms with Crippen LogP contribution in [0, 0.1) is 0 Å². The van der Waals surface area contributed by atoms with Crippen LogP contribution < -0.4 is 20.3 Å². The van der Waals surface area contributed by atoms with Crippen LogP contribution in [0.4, 0.5) is 11.8 Å². The molecule has 8 heteroatoms. The first-order valence-corrected chi connectivity index (χ1v) is 12.8. The first-order valence-electron chi connectivity index (χ1n) is 12.0. The van der Waals surface area contributed by atoms with Gasteiger partial charge in [0.15, 0.2) is 5.11 Å². The standard InChI is InChI=1S/C25H34ClN5OS/c1-18-9-4-7-14-31(18)21-16-22(32-2)29-23(28-21)30-24(33)27-17-25(12-5-3-6-13-25)19-10-8-11-20(26)15-19/h8,10-11,15-16,18H,3-7,9,12-14,17H2,1-2H3,(H2,27,28,29,30,33). The van der Waals surface area contributed by atoms with Crippen LogP contribution in [0.15, 0.2) is 30.3 Å². The number of nitrogens with one attached hydrogen (secondary N) is 2. The van der Waals surface area contributed by atoms with Gasteiger partial charge in [-0.1, -0.05) is 43.0 Å². The highest BCUT2D eigenvalue weighted by Crippen LogP contribution is 2.39. The Kier molecular flexibility index (Phi) is 7.91. The number of ether oxygens (including phenoxy) is 1.